The summed E-state index contributed by atoms with van der Waals surface area (Å²) in [6.45, 7) is 2.10. The zero-order valence-electron chi connectivity index (χ0n) is 11.3. The van der Waals surface area contributed by atoms with Gasteiger partial charge in [-0.05, 0) is 42.3 Å². The molecule has 0 saturated carbocycles. The second kappa shape index (κ2) is 5.62. The van der Waals surface area contributed by atoms with Gasteiger partial charge in [-0.25, -0.2) is 0 Å². The van der Waals surface area contributed by atoms with Crippen LogP contribution in [0.5, 0.6) is 11.5 Å². The van der Waals surface area contributed by atoms with Crippen molar-refractivity contribution in [1.29, 1.82) is 0 Å². The second-order valence-corrected chi connectivity index (χ2v) is 4.64. The number of ether oxygens (including phenoxy) is 1. The second-order valence-electron chi connectivity index (χ2n) is 4.64. The summed E-state index contributed by atoms with van der Waals surface area (Å²) < 4.78 is 5.99. The Morgan fingerprint density at radius 2 is 1.55 bits per heavy atom. The van der Waals surface area contributed by atoms with Crippen LogP contribution in [0.4, 0.5) is 0 Å². The van der Waals surface area contributed by atoms with Crippen LogP contribution in [0.15, 0.2) is 72.8 Å². The van der Waals surface area contributed by atoms with Crippen molar-refractivity contribution in [3.05, 3.63) is 84.4 Å². The minimum Gasteiger partial charge on any atom is -0.457 e. The average Bonchev–Trinajstić information content (AvgIpc) is 2.50. The van der Waals surface area contributed by atoms with Crippen LogP contribution in [0.2, 0.25) is 0 Å². The zero-order valence-corrected chi connectivity index (χ0v) is 11.3. The summed E-state index contributed by atoms with van der Waals surface area (Å²) >= 11 is 0. The van der Waals surface area contributed by atoms with E-state index in [1.165, 1.54) is 5.56 Å². The van der Waals surface area contributed by atoms with Gasteiger partial charge in [-0.3, -0.25) is 0 Å². The molecule has 3 rings (SSSR count). The predicted molar refractivity (Wildman–Crippen MR) is 82.0 cm³/mol. The summed E-state index contributed by atoms with van der Waals surface area (Å²) in [6, 6.07) is 27.2. The third-order valence-electron chi connectivity index (χ3n) is 3.20. The smallest absolute Gasteiger partial charge is 0.135 e. The number of hydrogen-bond acceptors (Lipinski definition) is 1. The SMILES string of the molecule is Cc1ccccc1-c1[c]cccc1Oc1ccccc1. The average molecular weight is 259 g/mol. The van der Waals surface area contributed by atoms with Gasteiger partial charge < -0.3 is 4.74 Å². The molecule has 1 nitrogen and oxygen atoms in total. The van der Waals surface area contributed by atoms with Crippen LogP contribution in [0, 0.1) is 13.0 Å². The van der Waals surface area contributed by atoms with Gasteiger partial charge in [0, 0.05) is 5.56 Å². The predicted octanol–water partition coefficient (Wildman–Crippen LogP) is 5.25. The van der Waals surface area contributed by atoms with Gasteiger partial charge in [0.25, 0.3) is 0 Å². The van der Waals surface area contributed by atoms with Crippen LogP contribution in [0.1, 0.15) is 5.56 Å². The van der Waals surface area contributed by atoms with Crippen LogP contribution < -0.4 is 4.74 Å². The summed E-state index contributed by atoms with van der Waals surface area (Å²) in [5.74, 6) is 1.66. The van der Waals surface area contributed by atoms with Gasteiger partial charge in [-0.1, -0.05) is 54.6 Å². The molecule has 0 atom stereocenters. The number of benzene rings is 3. The molecular formula is C19H15O. The standard InChI is InChI=1S/C19H15O/c1-15-9-5-6-12-17(15)18-13-7-8-14-19(18)20-16-10-3-2-4-11-16/h2-12,14H,1H3. The van der Waals surface area contributed by atoms with Crippen molar-refractivity contribution in [2.75, 3.05) is 0 Å². The van der Waals surface area contributed by atoms with Gasteiger partial charge in [0.15, 0.2) is 0 Å². The third-order valence-corrected chi connectivity index (χ3v) is 3.20. The van der Waals surface area contributed by atoms with Crippen molar-refractivity contribution >= 4 is 0 Å². The van der Waals surface area contributed by atoms with Gasteiger partial charge >= 0.3 is 0 Å². The molecule has 1 radical (unpaired) electrons. The van der Waals surface area contributed by atoms with Gasteiger partial charge in [0.2, 0.25) is 0 Å². The van der Waals surface area contributed by atoms with E-state index in [2.05, 4.69) is 25.1 Å². The van der Waals surface area contributed by atoms with Crippen molar-refractivity contribution in [3.8, 4) is 22.6 Å². The Morgan fingerprint density at radius 1 is 0.800 bits per heavy atom. The first-order valence-electron chi connectivity index (χ1n) is 6.64. The monoisotopic (exact) mass is 259 g/mol. The summed E-state index contributed by atoms with van der Waals surface area (Å²) in [4.78, 5) is 0. The van der Waals surface area contributed by atoms with Crippen molar-refractivity contribution in [1.82, 2.24) is 0 Å². The Kier molecular flexibility index (Phi) is 3.51. The Balaban J connectivity index is 2.03. The maximum atomic E-state index is 5.99. The Bertz CT molecular complexity index is 702. The van der Waals surface area contributed by atoms with Crippen LogP contribution in [0.25, 0.3) is 11.1 Å². The highest BCUT2D eigenvalue weighted by Gasteiger charge is 2.08. The maximum Gasteiger partial charge on any atom is 0.135 e. The highest BCUT2D eigenvalue weighted by atomic mass is 16.5. The molecule has 0 N–H and O–H groups in total. The lowest BCUT2D eigenvalue weighted by Gasteiger charge is -2.12. The lowest BCUT2D eigenvalue weighted by atomic mass is 10.00. The first-order valence-corrected chi connectivity index (χ1v) is 6.64. The molecule has 0 fully saturated rings. The Hall–Kier alpha value is -2.54. The molecule has 97 valence electrons. The lowest BCUT2D eigenvalue weighted by Crippen LogP contribution is -1.89. The fourth-order valence-electron chi connectivity index (χ4n) is 2.19. The summed E-state index contributed by atoms with van der Waals surface area (Å²) in [5.41, 5.74) is 3.36. The van der Waals surface area contributed by atoms with E-state index in [1.54, 1.807) is 0 Å². The van der Waals surface area contributed by atoms with E-state index in [-0.39, 0.29) is 0 Å². The summed E-state index contributed by atoms with van der Waals surface area (Å²) in [7, 11) is 0. The van der Waals surface area contributed by atoms with E-state index < -0.39 is 0 Å². The number of rotatable bonds is 3. The normalized spacial score (nSPS) is 10.2. The molecule has 20 heavy (non-hydrogen) atoms. The molecule has 0 aromatic heterocycles. The number of para-hydroxylation sites is 1. The highest BCUT2D eigenvalue weighted by Crippen LogP contribution is 2.34. The van der Waals surface area contributed by atoms with E-state index in [9.17, 15) is 0 Å². The van der Waals surface area contributed by atoms with Crippen molar-refractivity contribution in [2.45, 2.75) is 6.92 Å². The quantitative estimate of drug-likeness (QED) is 0.623. The molecule has 0 unspecified atom stereocenters. The Labute approximate surface area is 119 Å². The van der Waals surface area contributed by atoms with Crippen molar-refractivity contribution in [3.63, 3.8) is 0 Å². The van der Waals surface area contributed by atoms with Gasteiger partial charge in [-0.2, -0.15) is 0 Å². The molecule has 3 aromatic rings. The van der Waals surface area contributed by atoms with Crippen molar-refractivity contribution < 1.29 is 4.74 Å². The molecule has 3 aromatic carbocycles. The molecule has 0 heterocycles. The minimum absolute atomic E-state index is 0.827. The first kappa shape index (κ1) is 12.5. The van der Waals surface area contributed by atoms with Gasteiger partial charge in [0.1, 0.15) is 11.5 Å². The molecule has 0 aliphatic rings. The molecule has 0 aliphatic heterocycles. The first-order chi connectivity index (χ1) is 9.84. The molecule has 0 bridgehead atoms. The Morgan fingerprint density at radius 3 is 2.35 bits per heavy atom. The van der Waals surface area contributed by atoms with Crippen LogP contribution in [-0.2, 0) is 0 Å². The van der Waals surface area contributed by atoms with Crippen LogP contribution >= 0.6 is 0 Å². The fourth-order valence-corrected chi connectivity index (χ4v) is 2.19. The van der Waals surface area contributed by atoms with E-state index in [0.717, 1.165) is 22.6 Å². The van der Waals surface area contributed by atoms with Crippen molar-refractivity contribution in [2.24, 2.45) is 0 Å². The largest absolute Gasteiger partial charge is 0.457 e. The minimum atomic E-state index is 0.827. The fraction of sp³-hybridized carbons (Fsp3) is 0.0526. The van der Waals surface area contributed by atoms with E-state index in [4.69, 9.17) is 4.74 Å². The molecule has 0 saturated heterocycles. The molecule has 1 heteroatoms. The molecule has 0 spiro atoms. The van der Waals surface area contributed by atoms with E-state index in [1.807, 2.05) is 60.7 Å². The van der Waals surface area contributed by atoms with Gasteiger partial charge in [0.05, 0.1) is 0 Å². The highest BCUT2D eigenvalue weighted by molar-refractivity contribution is 5.72. The van der Waals surface area contributed by atoms with Crippen LogP contribution in [-0.4, -0.2) is 0 Å². The van der Waals surface area contributed by atoms with E-state index >= 15 is 0 Å². The van der Waals surface area contributed by atoms with Gasteiger partial charge in [-0.15, -0.1) is 0 Å². The zero-order chi connectivity index (χ0) is 13.8. The maximum absolute atomic E-state index is 5.99. The summed E-state index contributed by atoms with van der Waals surface area (Å²) in [5, 5.41) is 0. The van der Waals surface area contributed by atoms with Crippen LogP contribution in [0.3, 0.4) is 0 Å². The van der Waals surface area contributed by atoms with E-state index in [0.29, 0.717) is 0 Å². The summed E-state index contributed by atoms with van der Waals surface area (Å²) in [6.07, 6.45) is 0. The molecule has 0 amide bonds. The molecular weight excluding hydrogens is 244 g/mol. The number of aryl methyl sites for hydroxylation is 1. The third kappa shape index (κ3) is 2.57. The topological polar surface area (TPSA) is 9.23 Å². The number of hydrogen-bond donors (Lipinski definition) is 0. The molecule has 0 aliphatic carbocycles. The lowest BCUT2D eigenvalue weighted by molar-refractivity contribution is 0.484.